The lowest BCUT2D eigenvalue weighted by molar-refractivity contribution is 0.336. The van der Waals surface area contributed by atoms with Gasteiger partial charge in [0.15, 0.2) is 0 Å². The van der Waals surface area contributed by atoms with Crippen LogP contribution >= 0.6 is 0 Å². The molecular weight excluding hydrogens is 260 g/mol. The second kappa shape index (κ2) is 7.74. The first kappa shape index (κ1) is 16.2. The molecule has 1 fully saturated rings. The number of nitrogens with zero attached hydrogens (tertiary/aromatic N) is 3. The second-order valence-corrected chi connectivity index (χ2v) is 6.19. The van der Waals surface area contributed by atoms with Gasteiger partial charge in [-0.1, -0.05) is 13.8 Å². The molecule has 0 spiro atoms. The van der Waals surface area contributed by atoms with Crippen LogP contribution in [0.2, 0.25) is 0 Å². The Kier molecular flexibility index (Phi) is 5.97. The molecular formula is C17H30N4. The van der Waals surface area contributed by atoms with Crippen LogP contribution in [0, 0.1) is 6.92 Å². The van der Waals surface area contributed by atoms with Crippen LogP contribution in [-0.2, 0) is 6.42 Å². The molecule has 1 N–H and O–H groups in total. The third kappa shape index (κ3) is 4.40. The molecule has 0 aromatic carbocycles. The predicted molar refractivity (Wildman–Crippen MR) is 88.9 cm³/mol. The van der Waals surface area contributed by atoms with Crippen LogP contribution in [-0.4, -0.2) is 35.6 Å². The van der Waals surface area contributed by atoms with E-state index in [0.29, 0.717) is 12.1 Å². The van der Waals surface area contributed by atoms with E-state index in [9.17, 15) is 0 Å². The number of aromatic nitrogens is 2. The van der Waals surface area contributed by atoms with Crippen LogP contribution in [0.5, 0.6) is 0 Å². The van der Waals surface area contributed by atoms with E-state index in [1.165, 1.54) is 32.1 Å². The third-order valence-corrected chi connectivity index (χ3v) is 4.53. The number of rotatable bonds is 6. The SMILES string of the molecule is CCCNC1CCC(N(C)c2cc(CC)nc(C)n2)CC1. The van der Waals surface area contributed by atoms with Gasteiger partial charge in [-0.3, -0.25) is 0 Å². The fourth-order valence-corrected chi connectivity index (χ4v) is 3.18. The lowest BCUT2D eigenvalue weighted by Gasteiger charge is -2.35. The van der Waals surface area contributed by atoms with Crippen LogP contribution in [0.1, 0.15) is 57.5 Å². The molecule has 1 aromatic heterocycles. The topological polar surface area (TPSA) is 41.0 Å². The molecule has 4 heteroatoms. The van der Waals surface area contributed by atoms with Gasteiger partial charge in [0, 0.05) is 30.9 Å². The largest absolute Gasteiger partial charge is 0.357 e. The van der Waals surface area contributed by atoms with Gasteiger partial charge < -0.3 is 10.2 Å². The Labute approximate surface area is 129 Å². The summed E-state index contributed by atoms with van der Waals surface area (Å²) in [6.07, 6.45) is 7.25. The Morgan fingerprint density at radius 1 is 1.19 bits per heavy atom. The lowest BCUT2D eigenvalue weighted by Crippen LogP contribution is -2.41. The van der Waals surface area contributed by atoms with Crippen LogP contribution in [0.4, 0.5) is 5.82 Å². The number of hydrogen-bond acceptors (Lipinski definition) is 4. The molecule has 0 aliphatic heterocycles. The van der Waals surface area contributed by atoms with E-state index in [4.69, 9.17) is 0 Å². The first-order valence-electron chi connectivity index (χ1n) is 8.44. The Balaban J connectivity index is 1.95. The third-order valence-electron chi connectivity index (χ3n) is 4.53. The quantitative estimate of drug-likeness (QED) is 0.874. The highest BCUT2D eigenvalue weighted by molar-refractivity contribution is 5.40. The van der Waals surface area contributed by atoms with Crippen molar-refractivity contribution in [1.82, 2.24) is 15.3 Å². The van der Waals surface area contributed by atoms with E-state index in [-0.39, 0.29) is 0 Å². The summed E-state index contributed by atoms with van der Waals surface area (Å²) in [5.74, 6) is 1.97. The van der Waals surface area contributed by atoms with Gasteiger partial charge >= 0.3 is 0 Å². The number of hydrogen-bond donors (Lipinski definition) is 1. The van der Waals surface area contributed by atoms with E-state index in [2.05, 4.69) is 47.1 Å². The molecule has 2 rings (SSSR count). The fraction of sp³-hybridized carbons (Fsp3) is 0.765. The summed E-state index contributed by atoms with van der Waals surface area (Å²) in [6, 6.07) is 3.48. The van der Waals surface area contributed by atoms with E-state index in [1.54, 1.807) is 0 Å². The van der Waals surface area contributed by atoms with Crippen LogP contribution < -0.4 is 10.2 Å². The zero-order valence-electron chi connectivity index (χ0n) is 14.0. The molecule has 4 nitrogen and oxygen atoms in total. The van der Waals surface area contributed by atoms with Crippen molar-refractivity contribution in [3.8, 4) is 0 Å². The Bertz CT molecular complexity index is 438. The summed E-state index contributed by atoms with van der Waals surface area (Å²) in [5.41, 5.74) is 1.14. The van der Waals surface area contributed by atoms with E-state index in [1.807, 2.05) is 6.92 Å². The van der Waals surface area contributed by atoms with Crippen molar-refractivity contribution in [2.75, 3.05) is 18.5 Å². The number of anilines is 1. The molecule has 0 amide bonds. The van der Waals surface area contributed by atoms with Gasteiger partial charge in [-0.15, -0.1) is 0 Å². The summed E-state index contributed by atoms with van der Waals surface area (Å²) in [7, 11) is 2.19. The molecule has 21 heavy (non-hydrogen) atoms. The number of nitrogens with one attached hydrogen (secondary N) is 1. The van der Waals surface area contributed by atoms with Crippen LogP contribution in [0.15, 0.2) is 6.07 Å². The summed E-state index contributed by atoms with van der Waals surface area (Å²) < 4.78 is 0. The standard InChI is InChI=1S/C17H30N4/c1-5-11-18-15-7-9-16(10-8-15)21(4)17-12-14(6-2)19-13(3)20-17/h12,15-16,18H,5-11H2,1-4H3. The van der Waals surface area contributed by atoms with E-state index >= 15 is 0 Å². The molecule has 1 aromatic rings. The van der Waals surface area contributed by atoms with Gasteiger partial charge in [0.05, 0.1) is 0 Å². The number of aryl methyl sites for hydroxylation is 2. The highest BCUT2D eigenvalue weighted by Gasteiger charge is 2.24. The highest BCUT2D eigenvalue weighted by atomic mass is 15.2. The molecule has 1 saturated carbocycles. The van der Waals surface area contributed by atoms with Crippen LogP contribution in [0.25, 0.3) is 0 Å². The molecule has 0 bridgehead atoms. The van der Waals surface area contributed by atoms with Gasteiger partial charge in [0.2, 0.25) is 0 Å². The van der Waals surface area contributed by atoms with E-state index in [0.717, 1.165) is 30.3 Å². The zero-order chi connectivity index (χ0) is 15.2. The molecule has 0 unspecified atom stereocenters. The minimum Gasteiger partial charge on any atom is -0.357 e. The Hall–Kier alpha value is -1.16. The zero-order valence-corrected chi connectivity index (χ0v) is 14.0. The molecule has 0 atom stereocenters. The minimum absolute atomic E-state index is 0.615. The van der Waals surface area contributed by atoms with E-state index < -0.39 is 0 Å². The molecule has 1 aliphatic rings. The molecule has 0 radical (unpaired) electrons. The van der Waals surface area contributed by atoms with Crippen molar-refractivity contribution in [2.45, 2.75) is 71.4 Å². The maximum Gasteiger partial charge on any atom is 0.132 e. The first-order chi connectivity index (χ1) is 10.1. The highest BCUT2D eigenvalue weighted by Crippen LogP contribution is 2.26. The predicted octanol–water partition coefficient (Wildman–Crippen LogP) is 3.09. The smallest absolute Gasteiger partial charge is 0.132 e. The first-order valence-corrected chi connectivity index (χ1v) is 8.44. The second-order valence-electron chi connectivity index (χ2n) is 6.19. The van der Waals surface area contributed by atoms with Crippen molar-refractivity contribution in [1.29, 1.82) is 0 Å². The fourth-order valence-electron chi connectivity index (χ4n) is 3.18. The van der Waals surface area contributed by atoms with Gasteiger partial charge in [-0.2, -0.15) is 0 Å². The molecule has 1 heterocycles. The molecule has 0 saturated heterocycles. The van der Waals surface area contributed by atoms with Crippen molar-refractivity contribution in [3.05, 3.63) is 17.6 Å². The average molecular weight is 290 g/mol. The van der Waals surface area contributed by atoms with Crippen molar-refractivity contribution < 1.29 is 0 Å². The Morgan fingerprint density at radius 3 is 2.52 bits per heavy atom. The summed E-state index contributed by atoms with van der Waals surface area (Å²) in [6.45, 7) is 7.52. The van der Waals surface area contributed by atoms with Gasteiger partial charge in [0.25, 0.3) is 0 Å². The maximum absolute atomic E-state index is 4.62. The average Bonchev–Trinajstić information content (AvgIpc) is 2.52. The summed E-state index contributed by atoms with van der Waals surface area (Å²) in [5, 5.41) is 3.65. The summed E-state index contributed by atoms with van der Waals surface area (Å²) >= 11 is 0. The lowest BCUT2D eigenvalue weighted by atomic mass is 9.90. The van der Waals surface area contributed by atoms with Crippen molar-refractivity contribution >= 4 is 5.82 Å². The monoisotopic (exact) mass is 290 g/mol. The van der Waals surface area contributed by atoms with Crippen LogP contribution in [0.3, 0.4) is 0 Å². The summed E-state index contributed by atoms with van der Waals surface area (Å²) in [4.78, 5) is 11.5. The normalized spacial score (nSPS) is 22.3. The molecule has 118 valence electrons. The van der Waals surface area contributed by atoms with Crippen molar-refractivity contribution in [3.63, 3.8) is 0 Å². The van der Waals surface area contributed by atoms with Gasteiger partial charge in [-0.05, 0) is 52.0 Å². The van der Waals surface area contributed by atoms with Crippen molar-refractivity contribution in [2.24, 2.45) is 0 Å². The Morgan fingerprint density at radius 2 is 1.90 bits per heavy atom. The maximum atomic E-state index is 4.62. The minimum atomic E-state index is 0.615. The van der Waals surface area contributed by atoms with Gasteiger partial charge in [0.1, 0.15) is 11.6 Å². The molecule has 1 aliphatic carbocycles. The van der Waals surface area contributed by atoms with Gasteiger partial charge in [-0.25, -0.2) is 9.97 Å².